The molecule has 6 atom stereocenters. The van der Waals surface area contributed by atoms with E-state index in [1.165, 1.54) is 26.8 Å². The summed E-state index contributed by atoms with van der Waals surface area (Å²) in [7, 11) is -3.43. The number of thiophene rings is 1. The number of imide groups is 1. The van der Waals surface area contributed by atoms with Crippen LogP contribution in [0.4, 0.5) is 23.2 Å². The molecule has 0 spiro atoms. The summed E-state index contributed by atoms with van der Waals surface area (Å²) < 4.78 is 61.7. The third kappa shape index (κ3) is 16.4. The summed E-state index contributed by atoms with van der Waals surface area (Å²) in [5, 5.41) is 24.8. The summed E-state index contributed by atoms with van der Waals surface area (Å²) in [6.07, 6.45) is -5.65. The van der Waals surface area contributed by atoms with Gasteiger partial charge in [0.05, 0.1) is 17.0 Å². The summed E-state index contributed by atoms with van der Waals surface area (Å²) in [6.45, 7) is 8.21. The minimum Gasteiger partial charge on any atom is -0.383 e. The smallest absolute Gasteiger partial charge is 0.383 e. The fraction of sp³-hybridized carbons (Fsp3) is 0.517. The van der Waals surface area contributed by atoms with E-state index in [1.807, 2.05) is 30.3 Å². The second-order valence-electron chi connectivity index (χ2n) is 24.3. The number of benzene rings is 3. The first-order valence-electron chi connectivity index (χ1n) is 29.9. The van der Waals surface area contributed by atoms with Gasteiger partial charge in [0.15, 0.2) is 5.96 Å². The Hall–Kier alpha value is -7.40. The van der Waals surface area contributed by atoms with E-state index in [0.29, 0.717) is 49.5 Å². The maximum Gasteiger partial charge on any atom is 0.389 e. The first-order valence-corrected chi connectivity index (χ1v) is 31.9. The van der Waals surface area contributed by atoms with E-state index in [0.717, 1.165) is 45.8 Å². The molecule has 5 aliphatic heterocycles. The minimum absolute atomic E-state index is 0.0111. The predicted octanol–water partition coefficient (Wildman–Crippen LogP) is 3.40. The summed E-state index contributed by atoms with van der Waals surface area (Å²) in [4.78, 5) is 137. The van der Waals surface area contributed by atoms with Gasteiger partial charge in [0, 0.05) is 106 Å². The van der Waals surface area contributed by atoms with E-state index in [4.69, 9.17) is 20.9 Å². The zero-order chi connectivity index (χ0) is 64.8. The number of amides is 8. The van der Waals surface area contributed by atoms with Gasteiger partial charge in [-0.1, -0.05) is 51.1 Å². The SMILES string of the molecule is CC(C)(C)c1ccc(C[C@H](NC(=O)[C@H](CCCNC(=N)N)NC(=O)[C@@H]2CC[C@@H]3CCN(CC(F)F)C[C@H](NC(=O)c4cc5cc(C(F)(F)OP(O)O)ccc5s4)C(=O)N32)C(=O)N2CCN(CCNc3cccc4c3CN(C3CCC(=O)NC3=O)C4=O)CC2)cc1. The number of nitrogens with one attached hydrogen (secondary N) is 7. The van der Waals surface area contributed by atoms with Gasteiger partial charge in [0.25, 0.3) is 18.2 Å². The number of piperazine rings is 1. The first-order chi connectivity index (χ1) is 42.7. The van der Waals surface area contributed by atoms with Gasteiger partial charge in [-0.15, -0.1) is 11.3 Å². The number of hydrogen-bond acceptors (Lipinski definition) is 16. The molecular formula is C60H76F4N13O11PS. The second kappa shape index (κ2) is 28.8. The standard InChI is InChI=1S/C60H76F4N13O11PS/c1-59(2,3)36-11-9-34(10-12-36)28-43(56(84)75-26-24-73(25-27-75)23-21-67-41-7-4-6-39-40(41)31-76(55(39)83)45-16-18-50(78)72-52(45)80)70-51(79)42(8-5-20-68-58(65)66)69-53(81)46-15-14-38-19-22-74(33-49(61)62)32-44(57(85)77(38)46)71-54(82)48-30-35-29-37(13-17-47(35)90-48)60(63,64)88-89(86)87/h4,6-7,9-13,17,29-30,38,42-46,49,67,86-87H,5,8,14-16,18-28,31-33H2,1-3H3,(H,69,81)(H,70,79)(H,71,82)(H4,65,66,68)(H,72,78,80)/t38-,42+,43+,44+,45?,46+/m1/s1. The quantitative estimate of drug-likeness (QED) is 0.0127. The van der Waals surface area contributed by atoms with E-state index in [2.05, 4.69) is 62.1 Å². The molecule has 11 N–H and O–H groups in total. The Morgan fingerprint density at radius 3 is 2.30 bits per heavy atom. The lowest BCUT2D eigenvalue weighted by Crippen LogP contribution is -2.62. The van der Waals surface area contributed by atoms with Crippen molar-refractivity contribution in [3.8, 4) is 0 Å². The number of carbonyl (C=O) groups excluding carboxylic acids is 8. The molecule has 30 heteroatoms. The van der Waals surface area contributed by atoms with Crippen molar-refractivity contribution in [1.82, 2.24) is 51.1 Å². The number of piperidine rings is 1. The fourth-order valence-electron chi connectivity index (χ4n) is 12.3. The van der Waals surface area contributed by atoms with Crippen LogP contribution in [0.5, 0.6) is 0 Å². The maximum absolute atomic E-state index is 14.9. The minimum atomic E-state index is -4.09. The summed E-state index contributed by atoms with van der Waals surface area (Å²) in [5.41, 5.74) is 8.47. The maximum atomic E-state index is 14.9. The Morgan fingerprint density at radius 1 is 0.878 bits per heavy atom. The Labute approximate surface area is 522 Å². The zero-order valence-corrected chi connectivity index (χ0v) is 51.8. The Morgan fingerprint density at radius 2 is 1.61 bits per heavy atom. The second-order valence-corrected chi connectivity index (χ2v) is 26.0. The van der Waals surface area contributed by atoms with Crippen molar-refractivity contribution < 1.29 is 70.2 Å². The Kier molecular flexibility index (Phi) is 21.5. The van der Waals surface area contributed by atoms with E-state index >= 15 is 0 Å². The third-order valence-corrected chi connectivity index (χ3v) is 18.6. The highest BCUT2D eigenvalue weighted by Gasteiger charge is 2.47. The molecule has 0 radical (unpaired) electrons. The number of guanidine groups is 1. The Balaban J connectivity index is 0.883. The molecule has 24 nitrogen and oxygen atoms in total. The van der Waals surface area contributed by atoms with Gasteiger partial charge in [-0.25, -0.2) is 13.3 Å². The first kappa shape index (κ1) is 67.0. The van der Waals surface area contributed by atoms with Gasteiger partial charge in [-0.05, 0) is 96.9 Å². The number of fused-ring (bicyclic) bond motifs is 3. The molecule has 0 saturated carbocycles. The van der Waals surface area contributed by atoms with E-state index in [1.54, 1.807) is 17.0 Å². The molecular weight excluding hydrogens is 1220 g/mol. The van der Waals surface area contributed by atoms with Crippen molar-refractivity contribution in [3.63, 3.8) is 0 Å². The van der Waals surface area contributed by atoms with Crippen LogP contribution < -0.4 is 37.6 Å². The van der Waals surface area contributed by atoms with Crippen molar-refractivity contribution >= 4 is 88.9 Å². The van der Waals surface area contributed by atoms with Crippen LogP contribution in [0.2, 0.25) is 0 Å². The molecule has 8 amide bonds. The van der Waals surface area contributed by atoms with Crippen LogP contribution in [0, 0.1) is 5.41 Å². The van der Waals surface area contributed by atoms with Crippen LogP contribution in [0.3, 0.4) is 0 Å². The normalized spacial score (nSPS) is 20.9. The fourth-order valence-corrected chi connectivity index (χ4v) is 13.6. The number of nitrogens with two attached hydrogens (primary N) is 1. The van der Waals surface area contributed by atoms with Crippen LogP contribution in [0.25, 0.3) is 10.1 Å². The monoisotopic (exact) mass is 1290 g/mol. The van der Waals surface area contributed by atoms with Gasteiger partial charge >= 0.3 is 14.7 Å². The summed E-state index contributed by atoms with van der Waals surface area (Å²) in [5.74, 6) is -4.82. The molecule has 5 aliphatic rings. The number of halogens is 4. The number of rotatable bonds is 23. The molecule has 6 heterocycles. The molecule has 4 saturated heterocycles. The van der Waals surface area contributed by atoms with E-state index in [9.17, 15) is 55.9 Å². The lowest BCUT2D eigenvalue weighted by Gasteiger charge is -2.39. The number of carbonyl (C=O) groups is 8. The number of alkyl halides is 4. The topological polar surface area (TPSA) is 324 Å². The van der Waals surface area contributed by atoms with Crippen molar-refractivity contribution in [1.29, 1.82) is 5.41 Å². The van der Waals surface area contributed by atoms with Crippen molar-refractivity contribution in [2.24, 2.45) is 5.73 Å². The van der Waals surface area contributed by atoms with Gasteiger partial charge in [0.1, 0.15) is 30.2 Å². The average molecular weight is 1290 g/mol. The van der Waals surface area contributed by atoms with Crippen molar-refractivity contribution in [2.75, 3.05) is 70.8 Å². The highest BCUT2D eigenvalue weighted by Crippen LogP contribution is 2.43. The highest BCUT2D eigenvalue weighted by atomic mass is 32.1. The van der Waals surface area contributed by atoms with E-state index in [-0.39, 0.29) is 117 Å². The Bertz CT molecular complexity index is 3350. The van der Waals surface area contributed by atoms with Crippen molar-refractivity contribution in [3.05, 3.63) is 99.4 Å². The number of nitrogens with zero attached hydrogens (tertiary/aromatic N) is 5. The lowest BCUT2D eigenvalue weighted by molar-refractivity contribution is -0.189. The third-order valence-electron chi connectivity index (χ3n) is 17.1. The van der Waals surface area contributed by atoms with Crippen LogP contribution in [-0.2, 0) is 57.8 Å². The highest BCUT2D eigenvalue weighted by molar-refractivity contribution is 7.39. The summed E-state index contributed by atoms with van der Waals surface area (Å²) in [6, 6.07) is 11.2. The van der Waals surface area contributed by atoms with Crippen LogP contribution in [0.1, 0.15) is 108 Å². The molecule has 4 aromatic rings. The summed E-state index contributed by atoms with van der Waals surface area (Å²) >= 11 is 0.890. The average Bonchev–Trinajstić information content (AvgIpc) is 1.65. The van der Waals surface area contributed by atoms with Crippen LogP contribution in [-0.4, -0.2) is 196 Å². The van der Waals surface area contributed by atoms with Gasteiger partial charge in [-0.2, -0.15) is 8.78 Å². The number of hydrogen-bond donors (Lipinski definition) is 10. The number of anilines is 1. The van der Waals surface area contributed by atoms with Gasteiger partial charge < -0.3 is 56.8 Å². The van der Waals surface area contributed by atoms with Crippen LogP contribution >= 0.6 is 19.9 Å². The lowest BCUT2D eigenvalue weighted by atomic mass is 9.86. The molecule has 1 unspecified atom stereocenters. The molecule has 3 aromatic carbocycles. The van der Waals surface area contributed by atoms with Gasteiger partial charge in [0.2, 0.25) is 35.4 Å². The molecule has 0 aliphatic carbocycles. The predicted molar refractivity (Wildman–Crippen MR) is 326 cm³/mol. The van der Waals surface area contributed by atoms with Gasteiger partial charge in [-0.3, -0.25) is 58.9 Å². The van der Waals surface area contributed by atoms with E-state index < -0.39 is 99.0 Å². The van der Waals surface area contributed by atoms with Crippen molar-refractivity contribution in [2.45, 2.75) is 133 Å². The molecule has 0 bridgehead atoms. The largest absolute Gasteiger partial charge is 0.389 e. The zero-order valence-electron chi connectivity index (χ0n) is 50.1. The molecule has 1 aromatic heterocycles. The van der Waals surface area contributed by atoms with Crippen LogP contribution in [0.15, 0.2) is 66.7 Å². The molecule has 9 rings (SSSR count). The molecule has 90 heavy (non-hydrogen) atoms. The molecule has 486 valence electrons. The molecule has 4 fully saturated rings.